The lowest BCUT2D eigenvalue weighted by Gasteiger charge is -2.31. The van der Waals surface area contributed by atoms with E-state index in [2.05, 4.69) is 5.10 Å². The summed E-state index contributed by atoms with van der Waals surface area (Å²) < 4.78 is 1.57. The lowest BCUT2D eigenvalue weighted by atomic mass is 10.1. The van der Waals surface area contributed by atoms with Gasteiger partial charge in [0.05, 0.1) is 4.92 Å². The number of rotatable bonds is 2. The highest BCUT2D eigenvalue weighted by atomic mass is 16.6. The smallest absolute Gasteiger partial charge is 0.333 e. The first kappa shape index (κ1) is 11.8. The van der Waals surface area contributed by atoms with Gasteiger partial charge in [0.1, 0.15) is 5.69 Å². The predicted octanol–water partition coefficient (Wildman–Crippen LogP) is 0.564. The van der Waals surface area contributed by atoms with Gasteiger partial charge in [-0.3, -0.25) is 10.1 Å². The summed E-state index contributed by atoms with van der Waals surface area (Å²) in [6, 6.07) is 0.0820. The Labute approximate surface area is 99.3 Å². The Hall–Kier alpha value is -1.63. The zero-order chi connectivity index (χ0) is 12.6. The molecule has 7 heteroatoms. The van der Waals surface area contributed by atoms with E-state index >= 15 is 0 Å². The molecule has 1 aromatic rings. The van der Waals surface area contributed by atoms with E-state index < -0.39 is 0 Å². The summed E-state index contributed by atoms with van der Waals surface area (Å²) in [6.07, 6.45) is 1.93. The molecule has 0 aromatic carbocycles. The van der Waals surface area contributed by atoms with Crippen molar-refractivity contribution in [2.45, 2.75) is 25.8 Å². The molecule has 0 radical (unpaired) electrons. The number of aromatic nitrogens is 2. The molecule has 17 heavy (non-hydrogen) atoms. The molecular formula is C10H17N5O2. The van der Waals surface area contributed by atoms with Crippen LogP contribution >= 0.6 is 0 Å². The third-order valence-electron chi connectivity index (χ3n) is 3.10. The van der Waals surface area contributed by atoms with Gasteiger partial charge in [0.2, 0.25) is 5.82 Å². The third kappa shape index (κ3) is 2.10. The average Bonchev–Trinajstić information content (AvgIpc) is 2.53. The van der Waals surface area contributed by atoms with Gasteiger partial charge in [-0.25, -0.2) is 4.68 Å². The number of nitro groups is 1. The summed E-state index contributed by atoms with van der Waals surface area (Å²) >= 11 is 0. The highest BCUT2D eigenvalue weighted by Gasteiger charge is 2.30. The second-order valence-corrected chi connectivity index (χ2v) is 4.49. The zero-order valence-electron chi connectivity index (χ0n) is 10.1. The van der Waals surface area contributed by atoms with Crippen molar-refractivity contribution in [3.63, 3.8) is 0 Å². The zero-order valence-corrected chi connectivity index (χ0v) is 10.1. The fourth-order valence-corrected chi connectivity index (χ4v) is 2.41. The second-order valence-electron chi connectivity index (χ2n) is 4.49. The Bertz CT molecular complexity index is 442. The molecule has 2 rings (SSSR count). The molecule has 0 unspecified atom stereocenters. The van der Waals surface area contributed by atoms with Gasteiger partial charge in [-0.05, 0) is 19.8 Å². The quantitative estimate of drug-likeness (QED) is 0.601. The topological polar surface area (TPSA) is 90.2 Å². The van der Waals surface area contributed by atoms with E-state index in [4.69, 9.17) is 5.73 Å². The summed E-state index contributed by atoms with van der Waals surface area (Å²) in [7, 11) is 1.73. The lowest BCUT2D eigenvalue weighted by Crippen LogP contribution is -2.43. The molecule has 1 aliphatic rings. The van der Waals surface area contributed by atoms with Crippen LogP contribution in [0.2, 0.25) is 0 Å². The summed E-state index contributed by atoms with van der Waals surface area (Å²) in [5, 5.41) is 15.2. The summed E-state index contributed by atoms with van der Waals surface area (Å²) in [6.45, 7) is 3.11. The number of nitrogens with two attached hydrogens (primary N) is 1. The molecule has 7 nitrogen and oxygen atoms in total. The molecule has 0 amide bonds. The minimum absolute atomic E-state index is 0.0820. The Balaban J connectivity index is 2.40. The van der Waals surface area contributed by atoms with Crippen LogP contribution in [0.1, 0.15) is 18.5 Å². The molecule has 1 atom stereocenters. The number of hydrogen-bond acceptors (Lipinski definition) is 5. The van der Waals surface area contributed by atoms with Crippen molar-refractivity contribution in [2.75, 3.05) is 18.0 Å². The van der Waals surface area contributed by atoms with Crippen molar-refractivity contribution in [3.05, 3.63) is 15.8 Å². The third-order valence-corrected chi connectivity index (χ3v) is 3.10. The van der Waals surface area contributed by atoms with Gasteiger partial charge in [-0.1, -0.05) is 0 Å². The second kappa shape index (κ2) is 4.33. The maximum absolute atomic E-state index is 11.1. The van der Waals surface area contributed by atoms with Crippen molar-refractivity contribution in [1.82, 2.24) is 9.78 Å². The standard InChI is InChI=1S/C10H17N5O2/c1-7-9(15(16)17)10(13(2)12-7)14-5-3-4-8(11)6-14/h8H,3-6,11H2,1-2H3/t8-/m1/s1. The van der Waals surface area contributed by atoms with Crippen LogP contribution in [0.25, 0.3) is 0 Å². The number of nitrogens with zero attached hydrogens (tertiary/aromatic N) is 4. The van der Waals surface area contributed by atoms with Crippen molar-refractivity contribution < 1.29 is 4.92 Å². The first-order valence-corrected chi connectivity index (χ1v) is 5.69. The molecule has 0 spiro atoms. The van der Waals surface area contributed by atoms with Crippen LogP contribution in [0.3, 0.4) is 0 Å². The van der Waals surface area contributed by atoms with E-state index in [-0.39, 0.29) is 16.7 Å². The van der Waals surface area contributed by atoms with Crippen molar-refractivity contribution in [3.8, 4) is 0 Å². The molecule has 1 saturated heterocycles. The molecule has 2 N–H and O–H groups in total. The Morgan fingerprint density at radius 1 is 1.59 bits per heavy atom. The van der Waals surface area contributed by atoms with E-state index in [0.29, 0.717) is 18.1 Å². The van der Waals surface area contributed by atoms with Gasteiger partial charge < -0.3 is 10.6 Å². The number of piperidine rings is 1. The van der Waals surface area contributed by atoms with Crippen LogP contribution in [0.15, 0.2) is 0 Å². The van der Waals surface area contributed by atoms with Gasteiger partial charge >= 0.3 is 5.69 Å². The average molecular weight is 239 g/mol. The van der Waals surface area contributed by atoms with Gasteiger partial charge in [0.25, 0.3) is 0 Å². The van der Waals surface area contributed by atoms with Crippen LogP contribution in [0.4, 0.5) is 11.5 Å². The van der Waals surface area contributed by atoms with E-state index in [1.165, 1.54) is 0 Å². The predicted molar refractivity (Wildman–Crippen MR) is 64.0 cm³/mol. The van der Waals surface area contributed by atoms with E-state index in [1.807, 2.05) is 4.90 Å². The van der Waals surface area contributed by atoms with Crippen LogP contribution in [0, 0.1) is 17.0 Å². The lowest BCUT2D eigenvalue weighted by molar-refractivity contribution is -0.384. The maximum Gasteiger partial charge on any atom is 0.333 e. The minimum atomic E-state index is -0.363. The molecular weight excluding hydrogens is 222 g/mol. The highest BCUT2D eigenvalue weighted by molar-refractivity contribution is 5.61. The van der Waals surface area contributed by atoms with Crippen LogP contribution in [-0.4, -0.2) is 33.8 Å². The molecule has 0 saturated carbocycles. The summed E-state index contributed by atoms with van der Waals surface area (Å²) in [5.41, 5.74) is 6.45. The van der Waals surface area contributed by atoms with E-state index in [1.54, 1.807) is 18.7 Å². The number of aryl methyl sites for hydroxylation is 2. The van der Waals surface area contributed by atoms with Crippen LogP contribution in [-0.2, 0) is 7.05 Å². The summed E-state index contributed by atoms with van der Waals surface area (Å²) in [5.74, 6) is 0.572. The molecule has 0 bridgehead atoms. The van der Waals surface area contributed by atoms with E-state index in [0.717, 1.165) is 19.4 Å². The summed E-state index contributed by atoms with van der Waals surface area (Å²) in [4.78, 5) is 12.7. The molecule has 1 aliphatic heterocycles. The highest BCUT2D eigenvalue weighted by Crippen LogP contribution is 2.32. The first-order chi connectivity index (χ1) is 8.00. The SMILES string of the molecule is Cc1nn(C)c(N2CCC[C@@H](N)C2)c1[N+](=O)[O-]. The van der Waals surface area contributed by atoms with Gasteiger partial charge in [0.15, 0.2) is 0 Å². The number of anilines is 1. The Morgan fingerprint density at radius 2 is 2.29 bits per heavy atom. The number of hydrogen-bond donors (Lipinski definition) is 1. The largest absolute Gasteiger partial charge is 0.350 e. The fraction of sp³-hybridized carbons (Fsp3) is 0.700. The van der Waals surface area contributed by atoms with Gasteiger partial charge in [-0.2, -0.15) is 5.10 Å². The van der Waals surface area contributed by atoms with Crippen LogP contribution < -0.4 is 10.6 Å². The van der Waals surface area contributed by atoms with E-state index in [9.17, 15) is 10.1 Å². The Kier molecular flexibility index (Phi) is 3.01. The van der Waals surface area contributed by atoms with Crippen molar-refractivity contribution in [2.24, 2.45) is 12.8 Å². The van der Waals surface area contributed by atoms with Gasteiger partial charge in [-0.15, -0.1) is 0 Å². The molecule has 94 valence electrons. The van der Waals surface area contributed by atoms with Crippen molar-refractivity contribution >= 4 is 11.5 Å². The molecule has 1 fully saturated rings. The monoisotopic (exact) mass is 239 g/mol. The molecule has 1 aromatic heterocycles. The minimum Gasteiger partial charge on any atom is -0.350 e. The van der Waals surface area contributed by atoms with Crippen molar-refractivity contribution in [1.29, 1.82) is 0 Å². The van der Waals surface area contributed by atoms with Crippen LogP contribution in [0.5, 0.6) is 0 Å². The normalized spacial score (nSPS) is 20.6. The fourth-order valence-electron chi connectivity index (χ4n) is 2.41. The first-order valence-electron chi connectivity index (χ1n) is 5.69. The molecule has 0 aliphatic carbocycles. The Morgan fingerprint density at radius 3 is 2.88 bits per heavy atom. The van der Waals surface area contributed by atoms with Gasteiger partial charge in [0, 0.05) is 26.2 Å². The maximum atomic E-state index is 11.1. The molecule has 2 heterocycles.